The maximum atomic E-state index is 5.97. The van der Waals surface area contributed by atoms with Crippen molar-refractivity contribution in [3.8, 4) is 22.3 Å². The number of hydrogen-bond donors (Lipinski definition) is 0. The van der Waals surface area contributed by atoms with Crippen molar-refractivity contribution in [2.24, 2.45) is 0 Å². The first kappa shape index (κ1) is 35.3. The second-order valence-electron chi connectivity index (χ2n) is 12.6. The lowest BCUT2D eigenvalue weighted by Gasteiger charge is -2.10. The fourth-order valence-electron chi connectivity index (χ4n) is 5.95. The van der Waals surface area contributed by atoms with E-state index in [1.165, 1.54) is 113 Å². The number of ether oxygens (including phenoxy) is 2. The van der Waals surface area contributed by atoms with Gasteiger partial charge in [0.15, 0.2) is 0 Å². The van der Waals surface area contributed by atoms with Gasteiger partial charge in [-0.15, -0.1) is 0 Å². The summed E-state index contributed by atoms with van der Waals surface area (Å²) in [6.07, 6.45) is 21.2. The first-order valence-electron chi connectivity index (χ1n) is 17.9. The Balaban J connectivity index is 1.21. The molecule has 0 radical (unpaired) electrons. The highest BCUT2D eigenvalue weighted by atomic mass is 32.1. The molecular weight excluding hydrogens is 573 g/mol. The largest absolute Gasteiger partial charge is 0.377 e. The first-order valence-corrected chi connectivity index (χ1v) is 18.6. The lowest BCUT2D eigenvalue weighted by molar-refractivity contribution is 0.116. The van der Waals surface area contributed by atoms with E-state index in [0.717, 1.165) is 59.3 Å². The minimum Gasteiger partial charge on any atom is -0.377 e. The third-order valence-corrected chi connectivity index (χ3v) is 9.30. The maximum absolute atomic E-state index is 5.97. The fourth-order valence-corrected chi connectivity index (χ4v) is 6.52. The van der Waals surface area contributed by atoms with Gasteiger partial charge in [-0.2, -0.15) is 8.75 Å². The van der Waals surface area contributed by atoms with Crippen molar-refractivity contribution in [2.45, 2.75) is 130 Å². The van der Waals surface area contributed by atoms with Gasteiger partial charge in [0.05, 0.1) is 24.9 Å². The summed E-state index contributed by atoms with van der Waals surface area (Å²) in [6, 6.07) is 21.8. The molecule has 0 saturated heterocycles. The molecule has 244 valence electrons. The molecule has 4 aromatic rings. The zero-order valence-electron chi connectivity index (χ0n) is 28.0. The molecule has 0 saturated carbocycles. The number of benzene rings is 3. The fraction of sp³-hybridized carbons (Fsp3) is 0.550. The van der Waals surface area contributed by atoms with Crippen molar-refractivity contribution < 1.29 is 9.47 Å². The summed E-state index contributed by atoms with van der Waals surface area (Å²) in [5, 5.41) is 0. The van der Waals surface area contributed by atoms with E-state index < -0.39 is 0 Å². The van der Waals surface area contributed by atoms with Gasteiger partial charge in [0, 0.05) is 24.3 Å². The Labute approximate surface area is 277 Å². The van der Waals surface area contributed by atoms with Gasteiger partial charge in [-0.3, -0.25) is 0 Å². The molecule has 3 aromatic carbocycles. The van der Waals surface area contributed by atoms with Crippen LogP contribution in [0.1, 0.15) is 128 Å². The summed E-state index contributed by atoms with van der Waals surface area (Å²) in [5.41, 5.74) is 8.93. The van der Waals surface area contributed by atoms with E-state index in [-0.39, 0.29) is 0 Å². The summed E-state index contributed by atoms with van der Waals surface area (Å²) in [4.78, 5) is 0. The van der Waals surface area contributed by atoms with Crippen LogP contribution in [-0.4, -0.2) is 22.0 Å². The van der Waals surface area contributed by atoms with Crippen LogP contribution >= 0.6 is 11.7 Å². The van der Waals surface area contributed by atoms with Gasteiger partial charge in [-0.1, -0.05) is 164 Å². The number of rotatable bonds is 24. The summed E-state index contributed by atoms with van der Waals surface area (Å²) in [7, 11) is 0. The number of nitrogens with zero attached hydrogens (tertiary/aromatic N) is 2. The molecule has 0 bridgehead atoms. The average Bonchev–Trinajstić information content (AvgIpc) is 3.57. The Bertz CT molecular complexity index is 1230. The van der Waals surface area contributed by atoms with Gasteiger partial charge in [0.1, 0.15) is 11.0 Å². The smallest absolute Gasteiger partial charge is 0.113 e. The molecule has 0 aliphatic heterocycles. The molecule has 0 unspecified atom stereocenters. The van der Waals surface area contributed by atoms with Gasteiger partial charge in [0.2, 0.25) is 0 Å². The number of unbranched alkanes of at least 4 members (excludes halogenated alkanes) is 14. The Morgan fingerprint density at radius 3 is 1.18 bits per heavy atom. The highest BCUT2D eigenvalue weighted by Gasteiger charge is 2.13. The summed E-state index contributed by atoms with van der Waals surface area (Å²) in [6.45, 7) is 7.57. The van der Waals surface area contributed by atoms with Gasteiger partial charge in [0.25, 0.3) is 0 Å². The molecule has 4 nitrogen and oxygen atoms in total. The average molecular weight is 629 g/mol. The number of fused-ring (bicyclic) bond motifs is 1. The Hall–Kier alpha value is -2.60. The van der Waals surface area contributed by atoms with Crippen molar-refractivity contribution in [1.29, 1.82) is 0 Å². The predicted molar refractivity (Wildman–Crippen MR) is 193 cm³/mol. The molecule has 45 heavy (non-hydrogen) atoms. The zero-order chi connectivity index (χ0) is 31.4. The van der Waals surface area contributed by atoms with Crippen LogP contribution in [0.2, 0.25) is 0 Å². The van der Waals surface area contributed by atoms with E-state index in [9.17, 15) is 0 Å². The number of aromatic nitrogens is 2. The van der Waals surface area contributed by atoms with Crippen LogP contribution in [0.25, 0.3) is 33.3 Å². The molecule has 0 atom stereocenters. The van der Waals surface area contributed by atoms with E-state index in [1.54, 1.807) is 0 Å². The summed E-state index contributed by atoms with van der Waals surface area (Å²) < 4.78 is 21.3. The standard InChI is InChI=1S/C40H56N2O2S/c1-3-5-7-9-11-13-15-17-29-43-31-33-19-23-35(24-20-33)37-27-28-38(40-39(37)41-45-42-40)36-25-21-34(22-26-36)32-44-30-18-16-14-12-10-8-6-4-2/h19-28H,3-18,29-32H2,1-2H3. The van der Waals surface area contributed by atoms with Crippen LogP contribution in [0, 0.1) is 0 Å². The van der Waals surface area contributed by atoms with Crippen molar-refractivity contribution >= 4 is 22.8 Å². The summed E-state index contributed by atoms with van der Waals surface area (Å²) >= 11 is 1.28. The van der Waals surface area contributed by atoms with Crippen LogP contribution in [0.5, 0.6) is 0 Å². The summed E-state index contributed by atoms with van der Waals surface area (Å²) in [5.74, 6) is 0. The Morgan fingerprint density at radius 2 is 0.800 bits per heavy atom. The molecule has 1 aromatic heterocycles. The van der Waals surface area contributed by atoms with Crippen molar-refractivity contribution in [3.63, 3.8) is 0 Å². The molecule has 0 amide bonds. The molecule has 0 aliphatic rings. The third kappa shape index (κ3) is 12.3. The molecule has 0 N–H and O–H groups in total. The topological polar surface area (TPSA) is 44.2 Å². The van der Waals surface area contributed by atoms with Gasteiger partial charge < -0.3 is 9.47 Å². The van der Waals surface area contributed by atoms with E-state index in [0.29, 0.717) is 13.2 Å². The van der Waals surface area contributed by atoms with Gasteiger partial charge in [-0.25, -0.2) is 0 Å². The highest BCUT2D eigenvalue weighted by Crippen LogP contribution is 2.35. The quantitative estimate of drug-likeness (QED) is 0.0724. The van der Waals surface area contributed by atoms with E-state index >= 15 is 0 Å². The lowest BCUT2D eigenvalue weighted by Crippen LogP contribution is -1.96. The van der Waals surface area contributed by atoms with E-state index in [4.69, 9.17) is 18.2 Å². The minimum atomic E-state index is 0.670. The monoisotopic (exact) mass is 628 g/mol. The first-order chi connectivity index (χ1) is 22.3. The van der Waals surface area contributed by atoms with Crippen molar-refractivity contribution in [1.82, 2.24) is 8.75 Å². The lowest BCUT2D eigenvalue weighted by atomic mass is 9.97. The second-order valence-corrected chi connectivity index (χ2v) is 13.1. The maximum Gasteiger partial charge on any atom is 0.113 e. The molecule has 0 fully saturated rings. The van der Waals surface area contributed by atoms with Crippen LogP contribution in [0.3, 0.4) is 0 Å². The minimum absolute atomic E-state index is 0.670. The molecular formula is C40H56N2O2S. The van der Waals surface area contributed by atoms with Crippen molar-refractivity contribution in [3.05, 3.63) is 71.8 Å². The van der Waals surface area contributed by atoms with Crippen LogP contribution in [-0.2, 0) is 22.7 Å². The molecule has 4 rings (SSSR count). The molecule has 1 heterocycles. The highest BCUT2D eigenvalue weighted by molar-refractivity contribution is 7.00. The zero-order valence-corrected chi connectivity index (χ0v) is 28.9. The van der Waals surface area contributed by atoms with E-state index in [1.807, 2.05) is 0 Å². The van der Waals surface area contributed by atoms with Crippen molar-refractivity contribution in [2.75, 3.05) is 13.2 Å². The normalized spacial score (nSPS) is 11.5. The van der Waals surface area contributed by atoms with Crippen LogP contribution in [0.4, 0.5) is 0 Å². The van der Waals surface area contributed by atoms with Crippen LogP contribution in [0.15, 0.2) is 60.7 Å². The SMILES string of the molecule is CCCCCCCCCCOCc1ccc(-c2ccc(-c3ccc(COCCCCCCCCCC)cc3)c3nsnc23)cc1. The Morgan fingerprint density at radius 1 is 0.444 bits per heavy atom. The molecule has 5 heteroatoms. The van der Waals surface area contributed by atoms with E-state index in [2.05, 4.69) is 74.5 Å². The van der Waals surface area contributed by atoms with Gasteiger partial charge in [-0.05, 0) is 35.1 Å². The number of hydrogen-bond acceptors (Lipinski definition) is 5. The second kappa shape index (κ2) is 21.2. The van der Waals surface area contributed by atoms with Crippen LogP contribution < -0.4 is 0 Å². The Kier molecular flexibility index (Phi) is 16.6. The predicted octanol–water partition coefficient (Wildman–Crippen LogP) is 12.3. The van der Waals surface area contributed by atoms with Gasteiger partial charge >= 0.3 is 0 Å². The third-order valence-electron chi connectivity index (χ3n) is 8.77. The molecule has 0 spiro atoms. The molecule has 0 aliphatic carbocycles.